The van der Waals surface area contributed by atoms with Crippen molar-refractivity contribution in [3.63, 3.8) is 0 Å². The molecule has 0 aliphatic carbocycles. The van der Waals surface area contributed by atoms with E-state index in [4.69, 9.17) is 0 Å². The van der Waals surface area contributed by atoms with E-state index in [-0.39, 0.29) is 0 Å². The number of rotatable bonds is 6. The van der Waals surface area contributed by atoms with Gasteiger partial charge in [-0.1, -0.05) is 6.42 Å². The van der Waals surface area contributed by atoms with Gasteiger partial charge in [0.15, 0.2) is 0 Å². The molecule has 0 aromatic carbocycles. The molecule has 2 N–H and O–H groups in total. The van der Waals surface area contributed by atoms with E-state index in [9.17, 15) is 0 Å². The predicted molar refractivity (Wildman–Crippen MR) is 80.3 cm³/mol. The van der Waals surface area contributed by atoms with Gasteiger partial charge in [-0.15, -0.1) is 0 Å². The van der Waals surface area contributed by atoms with Crippen LogP contribution in [0, 0.1) is 0 Å². The van der Waals surface area contributed by atoms with Gasteiger partial charge in [0, 0.05) is 18.1 Å². The highest BCUT2D eigenvalue weighted by Gasteiger charge is 2.16. The van der Waals surface area contributed by atoms with Crippen molar-refractivity contribution < 1.29 is 0 Å². The molecule has 1 aliphatic heterocycles. The van der Waals surface area contributed by atoms with Crippen molar-refractivity contribution in [1.82, 2.24) is 10.6 Å². The maximum Gasteiger partial charge on any atom is 0.00819 e. The quantitative estimate of drug-likeness (QED) is 0.826. The first-order chi connectivity index (χ1) is 8.74. The maximum atomic E-state index is 3.73. The molecule has 2 nitrogen and oxygen atoms in total. The smallest absolute Gasteiger partial charge is 0.00819 e. The molecule has 1 saturated heterocycles. The summed E-state index contributed by atoms with van der Waals surface area (Å²) in [6.45, 7) is 5.82. The number of piperidine rings is 1. The lowest BCUT2D eigenvalue weighted by atomic mass is 9.98. The summed E-state index contributed by atoms with van der Waals surface area (Å²) in [6.07, 6.45) is 6.51. The van der Waals surface area contributed by atoms with Crippen molar-refractivity contribution in [1.29, 1.82) is 0 Å². The van der Waals surface area contributed by atoms with Gasteiger partial charge < -0.3 is 10.6 Å². The van der Waals surface area contributed by atoms with E-state index in [1.807, 2.05) is 0 Å². The minimum Gasteiger partial charge on any atom is -0.314 e. The number of thiophene rings is 1. The van der Waals surface area contributed by atoms with Crippen LogP contribution in [0.4, 0.5) is 0 Å². The fourth-order valence-corrected chi connectivity index (χ4v) is 3.61. The Hall–Kier alpha value is -0.380. The van der Waals surface area contributed by atoms with E-state index in [0.717, 1.165) is 12.5 Å². The minimum atomic E-state index is 0.568. The summed E-state index contributed by atoms with van der Waals surface area (Å²) >= 11 is 1.79. The van der Waals surface area contributed by atoms with E-state index in [0.29, 0.717) is 12.1 Å². The molecule has 2 rings (SSSR count). The molecule has 3 atom stereocenters. The average molecular weight is 266 g/mol. The van der Waals surface area contributed by atoms with E-state index in [2.05, 4.69) is 41.3 Å². The summed E-state index contributed by atoms with van der Waals surface area (Å²) in [4.78, 5) is 0. The molecule has 1 aromatic heterocycles. The molecule has 1 fully saturated rings. The lowest BCUT2D eigenvalue weighted by Gasteiger charge is -2.28. The molecule has 0 spiro atoms. The van der Waals surface area contributed by atoms with Crippen LogP contribution >= 0.6 is 11.3 Å². The van der Waals surface area contributed by atoms with Crippen LogP contribution in [0.3, 0.4) is 0 Å². The highest BCUT2D eigenvalue weighted by atomic mass is 32.1. The Morgan fingerprint density at radius 1 is 1.39 bits per heavy atom. The Kier molecular flexibility index (Phi) is 5.67. The molecule has 18 heavy (non-hydrogen) atoms. The standard InChI is InChI=1S/C15H26N2S/c1-12(9-14-6-8-18-11-14)17-13(2)10-15-5-3-4-7-16-15/h6,8,11-13,15-17H,3-5,7,9-10H2,1-2H3. The minimum absolute atomic E-state index is 0.568. The van der Waals surface area contributed by atoms with E-state index in [1.165, 1.54) is 37.8 Å². The van der Waals surface area contributed by atoms with Gasteiger partial charge in [0.25, 0.3) is 0 Å². The van der Waals surface area contributed by atoms with Gasteiger partial charge in [0.2, 0.25) is 0 Å². The first-order valence-corrected chi connectivity index (χ1v) is 8.19. The second-order valence-electron chi connectivity index (χ2n) is 5.69. The van der Waals surface area contributed by atoms with Crippen LogP contribution in [0.15, 0.2) is 16.8 Å². The SMILES string of the molecule is CC(Cc1ccsc1)NC(C)CC1CCCCN1. The van der Waals surface area contributed by atoms with Gasteiger partial charge in [-0.3, -0.25) is 0 Å². The van der Waals surface area contributed by atoms with Crippen LogP contribution in [0.1, 0.15) is 45.1 Å². The lowest BCUT2D eigenvalue weighted by molar-refractivity contribution is 0.332. The van der Waals surface area contributed by atoms with Crippen molar-refractivity contribution >= 4 is 11.3 Å². The molecule has 102 valence electrons. The Balaban J connectivity index is 1.67. The van der Waals surface area contributed by atoms with Crippen LogP contribution < -0.4 is 10.6 Å². The topological polar surface area (TPSA) is 24.1 Å². The highest BCUT2D eigenvalue weighted by molar-refractivity contribution is 7.07. The lowest BCUT2D eigenvalue weighted by Crippen LogP contribution is -2.42. The summed E-state index contributed by atoms with van der Waals surface area (Å²) in [5, 5.41) is 11.8. The van der Waals surface area contributed by atoms with Gasteiger partial charge in [-0.2, -0.15) is 11.3 Å². The Morgan fingerprint density at radius 3 is 2.94 bits per heavy atom. The largest absolute Gasteiger partial charge is 0.314 e. The number of hydrogen-bond acceptors (Lipinski definition) is 3. The third-order valence-electron chi connectivity index (χ3n) is 3.74. The zero-order valence-corrected chi connectivity index (χ0v) is 12.4. The summed E-state index contributed by atoms with van der Waals surface area (Å²) in [6, 6.07) is 4.14. The number of nitrogens with one attached hydrogen (secondary N) is 2. The normalized spacial score (nSPS) is 23.8. The summed E-state index contributed by atoms with van der Waals surface area (Å²) in [7, 11) is 0. The van der Waals surface area contributed by atoms with Gasteiger partial charge in [-0.05, 0) is 68.5 Å². The fraction of sp³-hybridized carbons (Fsp3) is 0.733. The zero-order valence-electron chi connectivity index (χ0n) is 11.6. The first-order valence-electron chi connectivity index (χ1n) is 7.24. The summed E-state index contributed by atoms with van der Waals surface area (Å²) in [5.41, 5.74) is 1.46. The molecule has 0 radical (unpaired) electrons. The van der Waals surface area contributed by atoms with Crippen LogP contribution in [0.2, 0.25) is 0 Å². The highest BCUT2D eigenvalue weighted by Crippen LogP contribution is 2.13. The number of hydrogen-bond donors (Lipinski definition) is 2. The Morgan fingerprint density at radius 2 is 2.28 bits per heavy atom. The average Bonchev–Trinajstić information content (AvgIpc) is 2.82. The zero-order chi connectivity index (χ0) is 12.8. The Bertz CT molecular complexity index is 317. The van der Waals surface area contributed by atoms with Crippen LogP contribution in [0.25, 0.3) is 0 Å². The van der Waals surface area contributed by atoms with E-state index in [1.54, 1.807) is 11.3 Å². The predicted octanol–water partition coefficient (Wildman–Crippen LogP) is 3.19. The van der Waals surface area contributed by atoms with Crippen LogP contribution in [-0.2, 0) is 6.42 Å². The van der Waals surface area contributed by atoms with Gasteiger partial charge in [0.05, 0.1) is 0 Å². The molecule has 1 aliphatic rings. The van der Waals surface area contributed by atoms with Gasteiger partial charge in [-0.25, -0.2) is 0 Å². The fourth-order valence-electron chi connectivity index (χ4n) is 2.93. The monoisotopic (exact) mass is 266 g/mol. The molecular weight excluding hydrogens is 240 g/mol. The summed E-state index contributed by atoms with van der Waals surface area (Å²) in [5.74, 6) is 0. The van der Waals surface area contributed by atoms with Crippen molar-refractivity contribution in [3.8, 4) is 0 Å². The Labute approximate surface area is 115 Å². The summed E-state index contributed by atoms with van der Waals surface area (Å²) < 4.78 is 0. The van der Waals surface area contributed by atoms with Crippen molar-refractivity contribution in [3.05, 3.63) is 22.4 Å². The molecule has 1 aromatic rings. The molecule has 3 heteroatoms. The van der Waals surface area contributed by atoms with Gasteiger partial charge in [0.1, 0.15) is 0 Å². The molecular formula is C15H26N2S. The molecule has 0 bridgehead atoms. The third-order valence-corrected chi connectivity index (χ3v) is 4.47. The second-order valence-corrected chi connectivity index (χ2v) is 6.47. The van der Waals surface area contributed by atoms with Crippen LogP contribution in [0.5, 0.6) is 0 Å². The van der Waals surface area contributed by atoms with E-state index >= 15 is 0 Å². The van der Waals surface area contributed by atoms with Crippen LogP contribution in [-0.4, -0.2) is 24.7 Å². The molecule has 0 saturated carbocycles. The van der Waals surface area contributed by atoms with Gasteiger partial charge >= 0.3 is 0 Å². The molecule has 3 unspecified atom stereocenters. The first kappa shape index (κ1) is 14.0. The molecule has 2 heterocycles. The molecule has 0 amide bonds. The van der Waals surface area contributed by atoms with E-state index < -0.39 is 0 Å². The second kappa shape index (κ2) is 7.27. The van der Waals surface area contributed by atoms with Crippen molar-refractivity contribution in [2.75, 3.05) is 6.54 Å². The van der Waals surface area contributed by atoms with Crippen molar-refractivity contribution in [2.45, 2.75) is 64.1 Å². The maximum absolute atomic E-state index is 3.73. The van der Waals surface area contributed by atoms with Crippen molar-refractivity contribution in [2.24, 2.45) is 0 Å². The third kappa shape index (κ3) is 4.71.